The van der Waals surface area contributed by atoms with E-state index in [2.05, 4.69) is 264 Å². The van der Waals surface area contributed by atoms with Crippen LogP contribution in [0.25, 0.3) is 49.7 Å². The van der Waals surface area contributed by atoms with Gasteiger partial charge in [-0.15, -0.1) is 0 Å². The first-order valence-corrected chi connectivity index (χ1v) is 25.6. The summed E-state index contributed by atoms with van der Waals surface area (Å²) in [4.78, 5) is 5.15. The third-order valence-corrected chi connectivity index (χ3v) is 17.3. The van der Waals surface area contributed by atoms with Gasteiger partial charge in [0.05, 0.1) is 27.6 Å². The molecule has 2 spiro atoms. The first-order chi connectivity index (χ1) is 35.7. The maximum absolute atomic E-state index is 6.78. The average Bonchev–Trinajstić information content (AvgIpc) is 4.04. The van der Waals surface area contributed by atoms with Gasteiger partial charge >= 0.3 is 0 Å². The number of aromatic nitrogens is 1. The van der Waals surface area contributed by atoms with Gasteiger partial charge in [-0.05, 0) is 129 Å². The second kappa shape index (κ2) is 14.8. The molecular formula is C68H42N2OS. The molecule has 72 heavy (non-hydrogen) atoms. The molecular weight excluding hydrogens is 893 g/mol. The minimum Gasteiger partial charge on any atom is -0.457 e. The highest BCUT2D eigenvalue weighted by atomic mass is 32.2. The summed E-state index contributed by atoms with van der Waals surface area (Å²) in [6.07, 6.45) is 0. The summed E-state index contributed by atoms with van der Waals surface area (Å²) in [5.74, 6) is 1.77. The molecule has 0 bridgehead atoms. The fourth-order valence-corrected chi connectivity index (χ4v) is 14.6. The van der Waals surface area contributed by atoms with E-state index in [1.807, 2.05) is 11.8 Å². The van der Waals surface area contributed by atoms with E-state index in [1.54, 1.807) is 0 Å². The normalized spacial score (nSPS) is 14.4. The van der Waals surface area contributed by atoms with Gasteiger partial charge in [0.25, 0.3) is 0 Å². The van der Waals surface area contributed by atoms with Gasteiger partial charge in [-0.2, -0.15) is 0 Å². The van der Waals surface area contributed by atoms with E-state index < -0.39 is 10.8 Å². The fraction of sp³-hybridized carbons (Fsp3) is 0.0294. The van der Waals surface area contributed by atoms with Gasteiger partial charge in [-0.1, -0.05) is 188 Å². The van der Waals surface area contributed by atoms with Crippen molar-refractivity contribution >= 4 is 50.6 Å². The van der Waals surface area contributed by atoms with E-state index in [4.69, 9.17) is 4.74 Å². The Kier molecular flexibility index (Phi) is 8.24. The Morgan fingerprint density at radius 2 is 0.861 bits per heavy atom. The van der Waals surface area contributed by atoms with Crippen LogP contribution in [0.5, 0.6) is 11.5 Å². The van der Waals surface area contributed by atoms with Gasteiger partial charge < -0.3 is 14.2 Å². The Labute approximate surface area is 421 Å². The fourth-order valence-electron chi connectivity index (χ4n) is 13.4. The third kappa shape index (κ3) is 5.11. The van der Waals surface area contributed by atoms with Crippen LogP contribution in [-0.4, -0.2) is 4.57 Å². The number of ether oxygens (including phenoxy) is 1. The zero-order valence-electron chi connectivity index (χ0n) is 39.0. The molecule has 0 atom stereocenters. The number of benzene rings is 11. The first-order valence-electron chi connectivity index (χ1n) is 24.8. The van der Waals surface area contributed by atoms with Gasteiger partial charge in [0.2, 0.25) is 0 Å². The summed E-state index contributed by atoms with van der Waals surface area (Å²) in [5, 5.41) is 2.42. The molecule has 0 unspecified atom stereocenters. The largest absolute Gasteiger partial charge is 0.457 e. The monoisotopic (exact) mass is 934 g/mol. The standard InChI is InChI=1S/C68H42N2OS/c1-2-19-43(20-3-1)70-59-31-13-6-22-48(59)50-41-44(38-40-60(50)70)69(45-37-39-47-46-21-4-7-24-51(46)68(58(47)42-45)55-28-11-16-35-64(55)72-65-36-17-12-29-56(65)68)61-32-18-30-57-66(61)49-23-5-8-25-52(49)67(57)53-26-9-14-33-62(53)71-63-34-15-10-27-54(63)67/h1-42H. The van der Waals surface area contributed by atoms with Gasteiger partial charge in [0.1, 0.15) is 11.5 Å². The van der Waals surface area contributed by atoms with Crippen molar-refractivity contribution in [1.82, 2.24) is 4.57 Å². The molecule has 11 aromatic carbocycles. The van der Waals surface area contributed by atoms with Crippen LogP contribution >= 0.6 is 11.8 Å². The molecule has 3 heterocycles. The highest BCUT2D eigenvalue weighted by Crippen LogP contribution is 2.66. The molecule has 16 rings (SSSR count). The van der Waals surface area contributed by atoms with Crippen LogP contribution in [0.1, 0.15) is 44.5 Å². The van der Waals surface area contributed by atoms with E-state index in [0.717, 1.165) is 45.4 Å². The third-order valence-electron chi connectivity index (χ3n) is 16.1. The van der Waals surface area contributed by atoms with Gasteiger partial charge in [0.15, 0.2) is 0 Å². The Morgan fingerprint density at radius 3 is 1.60 bits per heavy atom. The topological polar surface area (TPSA) is 17.4 Å². The SMILES string of the molecule is c1ccc(-n2c3ccccc3c3cc(N(c4ccc5c(c4)C4(c6ccccc6Sc6ccccc64)c4ccccc4-5)c4cccc5c4-c4ccccc4C54c5ccccc5Oc5ccccc54)ccc32)cc1. The van der Waals surface area contributed by atoms with E-state index in [0.29, 0.717) is 0 Å². The van der Waals surface area contributed by atoms with E-state index in [9.17, 15) is 0 Å². The molecule has 12 aromatic rings. The maximum Gasteiger partial charge on any atom is 0.132 e. The number of hydrogen-bond donors (Lipinski definition) is 0. The van der Waals surface area contributed by atoms with Crippen LogP contribution in [0.2, 0.25) is 0 Å². The highest BCUT2D eigenvalue weighted by Gasteiger charge is 2.53. The van der Waals surface area contributed by atoms with Crippen LogP contribution in [0, 0.1) is 0 Å². The Morgan fingerprint density at radius 1 is 0.347 bits per heavy atom. The molecule has 2 aliphatic heterocycles. The Balaban J connectivity index is 1.02. The van der Waals surface area contributed by atoms with Gasteiger partial charge in [0, 0.05) is 54.3 Å². The number of fused-ring (bicyclic) bond motifs is 21. The van der Waals surface area contributed by atoms with Gasteiger partial charge in [-0.25, -0.2) is 0 Å². The molecule has 3 nitrogen and oxygen atoms in total. The molecule has 0 saturated carbocycles. The van der Waals surface area contributed by atoms with Gasteiger partial charge in [-0.3, -0.25) is 0 Å². The van der Waals surface area contributed by atoms with Crippen LogP contribution in [0.3, 0.4) is 0 Å². The highest BCUT2D eigenvalue weighted by molar-refractivity contribution is 7.99. The predicted octanol–water partition coefficient (Wildman–Crippen LogP) is 17.5. The lowest BCUT2D eigenvalue weighted by Crippen LogP contribution is -2.32. The summed E-state index contributed by atoms with van der Waals surface area (Å²) >= 11 is 1.89. The Bertz CT molecular complexity index is 4170. The summed E-state index contributed by atoms with van der Waals surface area (Å²) in [5.41, 5.74) is 20.7. The van der Waals surface area contributed by atoms with Crippen LogP contribution in [0.15, 0.2) is 265 Å². The second-order valence-corrected chi connectivity index (χ2v) is 20.5. The molecule has 0 fully saturated rings. The molecule has 2 aliphatic carbocycles. The molecule has 1 aromatic heterocycles. The van der Waals surface area contributed by atoms with Crippen molar-refractivity contribution in [3.8, 4) is 39.4 Å². The van der Waals surface area contributed by atoms with Crippen LogP contribution < -0.4 is 9.64 Å². The minimum absolute atomic E-state index is 0.538. The smallest absolute Gasteiger partial charge is 0.132 e. The van der Waals surface area contributed by atoms with Crippen molar-refractivity contribution in [2.45, 2.75) is 20.6 Å². The maximum atomic E-state index is 6.78. The first kappa shape index (κ1) is 40.0. The summed E-state index contributed by atoms with van der Waals surface area (Å²) in [6, 6.07) is 94.7. The quantitative estimate of drug-likeness (QED) is 0.175. The minimum atomic E-state index is -0.622. The molecule has 0 amide bonds. The second-order valence-electron chi connectivity index (χ2n) is 19.4. The van der Waals surface area contributed by atoms with E-state index in [-0.39, 0.29) is 0 Å². The van der Waals surface area contributed by atoms with Crippen molar-refractivity contribution in [3.05, 3.63) is 299 Å². The van der Waals surface area contributed by atoms with E-state index >= 15 is 0 Å². The number of hydrogen-bond acceptors (Lipinski definition) is 3. The van der Waals surface area contributed by atoms with Crippen molar-refractivity contribution in [1.29, 1.82) is 0 Å². The summed E-state index contributed by atoms with van der Waals surface area (Å²) in [7, 11) is 0. The number of para-hydroxylation sites is 4. The Hall–Kier alpha value is -8.83. The van der Waals surface area contributed by atoms with Crippen LogP contribution in [0.4, 0.5) is 17.1 Å². The average molecular weight is 935 g/mol. The van der Waals surface area contributed by atoms with Crippen molar-refractivity contribution in [2.24, 2.45) is 0 Å². The van der Waals surface area contributed by atoms with Crippen molar-refractivity contribution < 1.29 is 4.74 Å². The lowest BCUT2D eigenvalue weighted by atomic mass is 9.66. The lowest BCUT2D eigenvalue weighted by Gasteiger charge is -2.40. The number of anilines is 3. The predicted molar refractivity (Wildman–Crippen MR) is 294 cm³/mol. The zero-order valence-corrected chi connectivity index (χ0v) is 39.8. The van der Waals surface area contributed by atoms with Crippen molar-refractivity contribution in [3.63, 3.8) is 0 Å². The number of nitrogens with zero attached hydrogens (tertiary/aromatic N) is 2. The molecule has 0 radical (unpaired) electrons. The molecule has 4 heteroatoms. The molecule has 4 aliphatic rings. The van der Waals surface area contributed by atoms with Crippen molar-refractivity contribution in [2.75, 3.05) is 4.90 Å². The lowest BCUT2D eigenvalue weighted by molar-refractivity contribution is 0.436. The van der Waals surface area contributed by atoms with Crippen LogP contribution in [-0.2, 0) is 10.8 Å². The molecule has 0 N–H and O–H groups in total. The molecule has 0 saturated heterocycles. The summed E-state index contributed by atoms with van der Waals surface area (Å²) in [6.45, 7) is 0. The number of rotatable bonds is 4. The zero-order chi connectivity index (χ0) is 47.1. The summed E-state index contributed by atoms with van der Waals surface area (Å²) < 4.78 is 9.19. The van der Waals surface area contributed by atoms with E-state index in [1.165, 1.54) is 87.2 Å². The molecule has 336 valence electrons.